The molecule has 1 atom stereocenters. The van der Waals surface area contributed by atoms with Gasteiger partial charge in [-0.1, -0.05) is 0 Å². The smallest absolute Gasteiger partial charge is 0.244 e. The average molecular weight is 332 g/mol. The monoisotopic (exact) mass is 332 g/mol. The molecule has 5 nitrogen and oxygen atoms in total. The number of hydrogen-bond acceptors (Lipinski definition) is 5. The molecule has 0 fully saturated rings. The summed E-state index contributed by atoms with van der Waals surface area (Å²) in [5, 5.41) is 3.90. The zero-order valence-corrected chi connectivity index (χ0v) is 14.4. The maximum atomic E-state index is 12.1. The minimum absolute atomic E-state index is 0.165. The molecule has 23 heavy (non-hydrogen) atoms. The number of methoxy groups -OCH3 is 2. The second-order valence-electron chi connectivity index (χ2n) is 4.95. The van der Waals surface area contributed by atoms with Gasteiger partial charge in [0, 0.05) is 28.8 Å². The van der Waals surface area contributed by atoms with Crippen molar-refractivity contribution in [2.24, 2.45) is 0 Å². The Morgan fingerprint density at radius 3 is 2.74 bits per heavy atom. The van der Waals surface area contributed by atoms with Gasteiger partial charge in [0.25, 0.3) is 0 Å². The van der Waals surface area contributed by atoms with Gasteiger partial charge >= 0.3 is 0 Å². The summed E-state index contributed by atoms with van der Waals surface area (Å²) < 4.78 is 10.5. The van der Waals surface area contributed by atoms with E-state index in [0.717, 1.165) is 15.4 Å². The molecule has 1 heterocycles. The number of aromatic nitrogens is 1. The van der Waals surface area contributed by atoms with Gasteiger partial charge in [-0.25, -0.2) is 4.98 Å². The van der Waals surface area contributed by atoms with Crippen molar-refractivity contribution < 1.29 is 14.3 Å². The molecule has 2 rings (SSSR count). The quantitative estimate of drug-likeness (QED) is 0.824. The fraction of sp³-hybridized carbons (Fsp3) is 0.294. The summed E-state index contributed by atoms with van der Waals surface area (Å²) in [6.45, 7) is 3.84. The topological polar surface area (TPSA) is 60.5 Å². The SMILES string of the molecule is COc1ccc([C@@H](C)NC(=O)/C=C/c2cnc(C)s2)c(OC)c1. The maximum absolute atomic E-state index is 12.1. The summed E-state index contributed by atoms with van der Waals surface area (Å²) in [5.41, 5.74) is 0.892. The number of benzene rings is 1. The minimum Gasteiger partial charge on any atom is -0.497 e. The number of ether oxygens (including phenoxy) is 2. The fourth-order valence-electron chi connectivity index (χ4n) is 2.13. The van der Waals surface area contributed by atoms with Crippen LogP contribution in [0.3, 0.4) is 0 Å². The lowest BCUT2D eigenvalue weighted by Crippen LogP contribution is -2.25. The predicted molar refractivity (Wildman–Crippen MR) is 92.0 cm³/mol. The van der Waals surface area contributed by atoms with Crippen LogP contribution in [0.2, 0.25) is 0 Å². The van der Waals surface area contributed by atoms with Gasteiger partial charge in [-0.2, -0.15) is 0 Å². The molecule has 0 aliphatic heterocycles. The first-order valence-corrected chi connectivity index (χ1v) is 7.98. The Balaban J connectivity index is 2.04. The van der Waals surface area contributed by atoms with Crippen LogP contribution >= 0.6 is 11.3 Å². The highest BCUT2D eigenvalue weighted by atomic mass is 32.1. The van der Waals surface area contributed by atoms with E-state index in [4.69, 9.17) is 9.47 Å². The molecule has 0 saturated heterocycles. The van der Waals surface area contributed by atoms with Gasteiger partial charge in [0.05, 0.1) is 25.3 Å². The highest BCUT2D eigenvalue weighted by Gasteiger charge is 2.13. The summed E-state index contributed by atoms with van der Waals surface area (Å²) in [4.78, 5) is 17.2. The Morgan fingerprint density at radius 2 is 2.13 bits per heavy atom. The molecule has 0 radical (unpaired) electrons. The van der Waals surface area contributed by atoms with Crippen molar-refractivity contribution in [2.75, 3.05) is 14.2 Å². The van der Waals surface area contributed by atoms with Crippen LogP contribution in [0.4, 0.5) is 0 Å². The van der Waals surface area contributed by atoms with Crippen molar-refractivity contribution in [1.29, 1.82) is 0 Å². The zero-order chi connectivity index (χ0) is 16.8. The number of rotatable bonds is 6. The van der Waals surface area contributed by atoms with Crippen LogP contribution in [-0.2, 0) is 4.79 Å². The van der Waals surface area contributed by atoms with Crippen molar-refractivity contribution in [3.63, 3.8) is 0 Å². The molecule has 1 N–H and O–H groups in total. The molecule has 0 aliphatic carbocycles. The number of hydrogen-bond donors (Lipinski definition) is 1. The van der Waals surface area contributed by atoms with Crippen LogP contribution in [0.5, 0.6) is 11.5 Å². The molecular formula is C17H20N2O3S. The lowest BCUT2D eigenvalue weighted by atomic mass is 10.1. The summed E-state index contributed by atoms with van der Waals surface area (Å²) in [6.07, 6.45) is 5.02. The van der Waals surface area contributed by atoms with E-state index in [-0.39, 0.29) is 11.9 Å². The molecular weight excluding hydrogens is 312 g/mol. The normalized spacial score (nSPS) is 12.2. The number of thiazole rings is 1. The first-order chi connectivity index (χ1) is 11.0. The molecule has 0 aliphatic rings. The molecule has 0 unspecified atom stereocenters. The lowest BCUT2D eigenvalue weighted by Gasteiger charge is -2.17. The van der Waals surface area contributed by atoms with Gasteiger partial charge < -0.3 is 14.8 Å². The van der Waals surface area contributed by atoms with Crippen LogP contribution < -0.4 is 14.8 Å². The van der Waals surface area contributed by atoms with Gasteiger partial charge in [-0.15, -0.1) is 11.3 Å². The van der Waals surface area contributed by atoms with Crippen LogP contribution in [0, 0.1) is 6.92 Å². The molecule has 122 valence electrons. The third-order valence-electron chi connectivity index (χ3n) is 3.30. The van der Waals surface area contributed by atoms with Crippen LogP contribution in [0.25, 0.3) is 6.08 Å². The van der Waals surface area contributed by atoms with Crippen molar-refractivity contribution in [3.05, 3.63) is 45.9 Å². The van der Waals surface area contributed by atoms with E-state index in [1.54, 1.807) is 43.9 Å². The first kappa shape index (κ1) is 17.0. The van der Waals surface area contributed by atoms with Crippen molar-refractivity contribution in [2.45, 2.75) is 19.9 Å². The number of aryl methyl sites for hydroxylation is 1. The van der Waals surface area contributed by atoms with Gasteiger partial charge in [0.15, 0.2) is 0 Å². The van der Waals surface area contributed by atoms with E-state index in [9.17, 15) is 4.79 Å². The molecule has 1 amide bonds. The molecule has 1 aromatic carbocycles. The van der Waals surface area contributed by atoms with Crippen molar-refractivity contribution in [3.8, 4) is 11.5 Å². The van der Waals surface area contributed by atoms with Gasteiger partial charge in [0.1, 0.15) is 11.5 Å². The summed E-state index contributed by atoms with van der Waals surface area (Å²) in [7, 11) is 3.20. The van der Waals surface area contributed by atoms with Crippen LogP contribution in [0.15, 0.2) is 30.5 Å². The summed E-state index contributed by atoms with van der Waals surface area (Å²) >= 11 is 1.54. The number of nitrogens with one attached hydrogen (secondary N) is 1. The molecule has 0 saturated carbocycles. The second kappa shape index (κ2) is 7.78. The number of carbonyl (C=O) groups is 1. The predicted octanol–water partition coefficient (Wildman–Crippen LogP) is 3.36. The molecule has 0 spiro atoms. The second-order valence-corrected chi connectivity index (χ2v) is 6.22. The minimum atomic E-state index is -0.184. The molecule has 6 heteroatoms. The summed E-state index contributed by atoms with van der Waals surface area (Å²) in [5.74, 6) is 1.23. The Hall–Kier alpha value is -2.34. The van der Waals surface area contributed by atoms with E-state index < -0.39 is 0 Å². The van der Waals surface area contributed by atoms with Gasteiger partial charge in [0.2, 0.25) is 5.91 Å². The Bertz CT molecular complexity index is 710. The largest absolute Gasteiger partial charge is 0.497 e. The maximum Gasteiger partial charge on any atom is 0.244 e. The fourth-order valence-corrected chi connectivity index (χ4v) is 2.82. The van der Waals surface area contributed by atoms with Gasteiger partial charge in [-0.05, 0) is 32.1 Å². The van der Waals surface area contributed by atoms with Gasteiger partial charge in [-0.3, -0.25) is 4.79 Å². The van der Waals surface area contributed by atoms with E-state index in [1.165, 1.54) is 6.08 Å². The Morgan fingerprint density at radius 1 is 1.35 bits per heavy atom. The lowest BCUT2D eigenvalue weighted by molar-refractivity contribution is -0.117. The highest BCUT2D eigenvalue weighted by Crippen LogP contribution is 2.29. The van der Waals surface area contributed by atoms with E-state index in [2.05, 4.69) is 10.3 Å². The standard InChI is InChI=1S/C17H20N2O3S/c1-11(15-7-5-13(21-3)9-16(15)22-4)19-17(20)8-6-14-10-18-12(2)23-14/h5-11H,1-4H3,(H,19,20)/b8-6+/t11-/m1/s1. The molecule has 2 aromatic rings. The number of nitrogens with zero attached hydrogens (tertiary/aromatic N) is 1. The Kier molecular flexibility index (Phi) is 5.76. The van der Waals surface area contributed by atoms with Crippen LogP contribution in [-0.4, -0.2) is 25.1 Å². The zero-order valence-electron chi connectivity index (χ0n) is 13.6. The van der Waals surface area contributed by atoms with Crippen molar-refractivity contribution >= 4 is 23.3 Å². The average Bonchev–Trinajstić information content (AvgIpc) is 2.97. The molecule has 0 bridgehead atoms. The Labute approximate surface area is 140 Å². The van der Waals surface area contributed by atoms with E-state index in [1.807, 2.05) is 26.0 Å². The first-order valence-electron chi connectivity index (χ1n) is 7.16. The number of amides is 1. The third kappa shape index (κ3) is 4.56. The van der Waals surface area contributed by atoms with Crippen LogP contribution in [0.1, 0.15) is 28.4 Å². The number of carbonyl (C=O) groups excluding carboxylic acids is 1. The molecule has 1 aromatic heterocycles. The third-order valence-corrected chi connectivity index (χ3v) is 4.18. The van der Waals surface area contributed by atoms with E-state index >= 15 is 0 Å². The van der Waals surface area contributed by atoms with Crippen molar-refractivity contribution in [1.82, 2.24) is 10.3 Å². The highest BCUT2D eigenvalue weighted by molar-refractivity contribution is 7.12. The summed E-state index contributed by atoms with van der Waals surface area (Å²) in [6, 6.07) is 5.35. The van der Waals surface area contributed by atoms with E-state index in [0.29, 0.717) is 11.5 Å².